The van der Waals surface area contributed by atoms with Gasteiger partial charge in [-0.1, -0.05) is 35.9 Å². The number of halogens is 1. The van der Waals surface area contributed by atoms with Crippen LogP contribution in [0.3, 0.4) is 0 Å². The number of hydrogen-bond donors (Lipinski definition) is 4. The summed E-state index contributed by atoms with van der Waals surface area (Å²) >= 11 is 6.76. The summed E-state index contributed by atoms with van der Waals surface area (Å²) < 4.78 is 12.9. The fraction of sp³-hybridized carbons (Fsp3) is 0.432. The standard InChI is InChI=1S/C37H43ClN4O7/c1-24-18-26(23-48-37(14-15-37)31-21-39-17-13-29(31)30-7-2-3-8-33(30)49-28-10-11-28)32(38)19-25(24)6-4-5-16-40-36(47)42-20-27(43)9-12-34(44)41-22-35(45)46/h2-3,7-8,13,17-19,21,28H,4-6,9-12,14-16,20,22-23H2,1H3,(H,41,44)(H,45,46)(H2,40,42,47). The fourth-order valence-electron chi connectivity index (χ4n) is 5.62. The Bertz CT molecular complexity index is 1670. The summed E-state index contributed by atoms with van der Waals surface area (Å²) in [6.07, 6.45) is 10.2. The molecule has 2 aromatic carbocycles. The van der Waals surface area contributed by atoms with Crippen LogP contribution in [0.1, 0.15) is 73.6 Å². The van der Waals surface area contributed by atoms with Crippen molar-refractivity contribution in [2.24, 2.45) is 0 Å². The molecular formula is C37H43ClN4O7. The van der Waals surface area contributed by atoms with Gasteiger partial charge in [-0.05, 0) is 92.3 Å². The Kier molecular flexibility index (Phi) is 12.2. The van der Waals surface area contributed by atoms with Gasteiger partial charge >= 0.3 is 12.0 Å². The van der Waals surface area contributed by atoms with Gasteiger partial charge in [0.2, 0.25) is 5.91 Å². The number of Topliss-reactive ketones (excluding diaryl/α,β-unsaturated/α-hetero) is 1. The van der Waals surface area contributed by atoms with Crippen LogP contribution in [0.5, 0.6) is 5.75 Å². The van der Waals surface area contributed by atoms with Crippen LogP contribution in [-0.4, -0.2) is 59.5 Å². The third kappa shape index (κ3) is 10.5. The SMILES string of the molecule is Cc1cc(COC2(c3cnccc3-c3ccccc3OC3CC3)CC2)c(Cl)cc1CCCCNC(=O)NCC(=O)CCC(=O)NCC(=O)O. The molecule has 0 unspecified atom stereocenters. The number of rotatable bonds is 19. The van der Waals surface area contributed by atoms with Crippen molar-refractivity contribution >= 4 is 35.3 Å². The second-order valence-electron chi connectivity index (χ2n) is 12.7. The van der Waals surface area contributed by atoms with Crippen LogP contribution in [0.15, 0.2) is 54.9 Å². The van der Waals surface area contributed by atoms with Crippen LogP contribution < -0.4 is 20.7 Å². The van der Waals surface area contributed by atoms with Crippen LogP contribution in [-0.2, 0) is 37.7 Å². The minimum absolute atomic E-state index is 0.0873. The average molecular weight is 691 g/mol. The number of aryl methyl sites for hydroxylation is 2. The second-order valence-corrected chi connectivity index (χ2v) is 13.1. The lowest BCUT2D eigenvalue weighted by Crippen LogP contribution is -2.39. The summed E-state index contributed by atoms with van der Waals surface area (Å²) in [4.78, 5) is 50.4. The minimum atomic E-state index is -1.16. The number of benzene rings is 2. The third-order valence-electron chi connectivity index (χ3n) is 8.69. The van der Waals surface area contributed by atoms with Crippen molar-refractivity contribution in [1.29, 1.82) is 0 Å². The number of para-hydroxylation sites is 1. The van der Waals surface area contributed by atoms with Gasteiger partial charge in [-0.25, -0.2) is 4.79 Å². The van der Waals surface area contributed by atoms with E-state index in [0.717, 1.165) is 84.1 Å². The average Bonchev–Trinajstić information content (AvgIpc) is 4.04. The van der Waals surface area contributed by atoms with E-state index < -0.39 is 30.1 Å². The number of unbranched alkanes of at least 4 members (excludes halogenated alkanes) is 1. The summed E-state index contributed by atoms with van der Waals surface area (Å²) in [5.74, 6) is -1.12. The summed E-state index contributed by atoms with van der Waals surface area (Å²) in [5, 5.41) is 16.6. The zero-order valence-corrected chi connectivity index (χ0v) is 28.4. The van der Waals surface area contributed by atoms with Gasteiger partial charge < -0.3 is 30.5 Å². The Morgan fingerprint density at radius 2 is 1.76 bits per heavy atom. The molecule has 2 aliphatic rings. The lowest BCUT2D eigenvalue weighted by Gasteiger charge is -2.22. The Balaban J connectivity index is 1.06. The van der Waals surface area contributed by atoms with E-state index >= 15 is 0 Å². The van der Waals surface area contributed by atoms with E-state index in [4.69, 9.17) is 26.2 Å². The number of pyridine rings is 1. The smallest absolute Gasteiger partial charge is 0.322 e. The number of aliphatic carboxylic acids is 1. The third-order valence-corrected chi connectivity index (χ3v) is 9.04. The predicted octanol–water partition coefficient (Wildman–Crippen LogP) is 5.63. The molecule has 2 aliphatic carbocycles. The maximum Gasteiger partial charge on any atom is 0.322 e. The number of carboxylic acid groups (broad SMARTS) is 1. The lowest BCUT2D eigenvalue weighted by molar-refractivity contribution is -0.138. The summed E-state index contributed by atoms with van der Waals surface area (Å²) in [5.41, 5.74) is 5.99. The van der Waals surface area contributed by atoms with Crippen LogP contribution in [0.2, 0.25) is 5.02 Å². The van der Waals surface area contributed by atoms with Crippen LogP contribution >= 0.6 is 11.6 Å². The van der Waals surface area contributed by atoms with E-state index in [-0.39, 0.29) is 25.2 Å². The molecule has 0 radical (unpaired) electrons. The highest BCUT2D eigenvalue weighted by molar-refractivity contribution is 6.31. The quantitative estimate of drug-likeness (QED) is 0.118. The number of nitrogens with one attached hydrogen (secondary N) is 3. The van der Waals surface area contributed by atoms with Gasteiger partial charge in [0, 0.05) is 47.9 Å². The molecular weight excluding hydrogens is 648 g/mol. The van der Waals surface area contributed by atoms with Gasteiger partial charge in [-0.15, -0.1) is 0 Å². The normalized spacial score (nSPS) is 14.5. The van der Waals surface area contributed by atoms with Crippen molar-refractivity contribution in [2.45, 2.75) is 83.0 Å². The highest BCUT2D eigenvalue weighted by Gasteiger charge is 2.47. The van der Waals surface area contributed by atoms with Gasteiger partial charge in [0.05, 0.1) is 24.9 Å². The Morgan fingerprint density at radius 1 is 0.959 bits per heavy atom. The molecule has 49 heavy (non-hydrogen) atoms. The van der Waals surface area contributed by atoms with Crippen molar-refractivity contribution in [3.63, 3.8) is 0 Å². The Hall–Kier alpha value is -4.48. The zero-order chi connectivity index (χ0) is 34.8. The number of aromatic nitrogens is 1. The first kappa shape index (κ1) is 35.8. The molecule has 2 fully saturated rings. The lowest BCUT2D eigenvalue weighted by atomic mass is 9.96. The number of carbonyl (C=O) groups is 4. The Morgan fingerprint density at radius 3 is 2.51 bits per heavy atom. The van der Waals surface area contributed by atoms with Gasteiger partial charge in [0.1, 0.15) is 12.3 Å². The molecule has 3 amide bonds. The first-order valence-electron chi connectivity index (χ1n) is 16.8. The molecule has 0 aliphatic heterocycles. The highest BCUT2D eigenvalue weighted by atomic mass is 35.5. The van der Waals surface area contributed by atoms with Crippen molar-refractivity contribution < 1.29 is 33.8 Å². The largest absolute Gasteiger partial charge is 0.490 e. The monoisotopic (exact) mass is 690 g/mol. The van der Waals surface area contributed by atoms with Crippen LogP contribution in [0.4, 0.5) is 4.79 Å². The first-order chi connectivity index (χ1) is 23.6. The van der Waals surface area contributed by atoms with E-state index in [0.29, 0.717) is 24.3 Å². The maximum absolute atomic E-state index is 12.0. The van der Waals surface area contributed by atoms with Crippen molar-refractivity contribution in [2.75, 3.05) is 19.6 Å². The van der Waals surface area contributed by atoms with Gasteiger partial charge in [0.15, 0.2) is 5.78 Å². The molecule has 4 N–H and O–H groups in total. The minimum Gasteiger partial charge on any atom is -0.490 e. The molecule has 0 spiro atoms. The van der Waals surface area contributed by atoms with Crippen LogP contribution in [0, 0.1) is 6.92 Å². The molecule has 0 atom stereocenters. The predicted molar refractivity (Wildman–Crippen MR) is 184 cm³/mol. The number of hydrogen-bond acceptors (Lipinski definition) is 7. The molecule has 11 nitrogen and oxygen atoms in total. The number of amides is 3. The number of carboxylic acids is 1. The number of urea groups is 1. The molecule has 1 aromatic heterocycles. The molecule has 260 valence electrons. The molecule has 0 bridgehead atoms. The maximum atomic E-state index is 12.0. The molecule has 2 saturated carbocycles. The first-order valence-corrected chi connectivity index (χ1v) is 17.2. The summed E-state index contributed by atoms with van der Waals surface area (Å²) in [6, 6.07) is 13.8. The molecule has 12 heteroatoms. The van der Waals surface area contributed by atoms with Crippen molar-refractivity contribution in [3.8, 4) is 16.9 Å². The van der Waals surface area contributed by atoms with Crippen LogP contribution in [0.25, 0.3) is 11.1 Å². The molecule has 1 heterocycles. The van der Waals surface area contributed by atoms with Gasteiger partial charge in [-0.2, -0.15) is 0 Å². The van der Waals surface area contributed by atoms with E-state index in [1.807, 2.05) is 42.7 Å². The van der Waals surface area contributed by atoms with Crippen molar-refractivity contribution in [1.82, 2.24) is 20.9 Å². The number of carbonyl (C=O) groups excluding carboxylic acids is 3. The fourth-order valence-corrected chi connectivity index (χ4v) is 5.86. The van der Waals surface area contributed by atoms with E-state index in [9.17, 15) is 19.2 Å². The topological polar surface area (TPSA) is 156 Å². The number of ketones is 1. The summed E-state index contributed by atoms with van der Waals surface area (Å²) in [7, 11) is 0. The van der Waals surface area contributed by atoms with Crippen molar-refractivity contribution in [3.05, 3.63) is 82.1 Å². The second kappa shape index (κ2) is 16.8. The molecule has 3 aromatic rings. The van der Waals surface area contributed by atoms with E-state index in [1.54, 1.807) is 0 Å². The molecule has 0 saturated heterocycles. The van der Waals surface area contributed by atoms with Gasteiger partial charge in [-0.3, -0.25) is 19.4 Å². The van der Waals surface area contributed by atoms with Gasteiger partial charge in [0.25, 0.3) is 0 Å². The molecule has 5 rings (SSSR count). The highest BCUT2D eigenvalue weighted by Crippen LogP contribution is 2.53. The zero-order valence-electron chi connectivity index (χ0n) is 27.7. The Labute approximate surface area is 291 Å². The van der Waals surface area contributed by atoms with E-state index in [2.05, 4.69) is 40.0 Å². The summed E-state index contributed by atoms with van der Waals surface area (Å²) in [6.45, 7) is 2.18. The number of nitrogens with zero attached hydrogens (tertiary/aromatic N) is 1. The number of ether oxygens (including phenoxy) is 2. The van der Waals surface area contributed by atoms with E-state index in [1.165, 1.54) is 0 Å².